The zero-order valence-electron chi connectivity index (χ0n) is 15.7. The van der Waals surface area contributed by atoms with Gasteiger partial charge in [0, 0.05) is 41.0 Å². The summed E-state index contributed by atoms with van der Waals surface area (Å²) in [6.07, 6.45) is 2.29. The van der Waals surface area contributed by atoms with Gasteiger partial charge in [0.25, 0.3) is 0 Å². The van der Waals surface area contributed by atoms with E-state index in [1.807, 2.05) is 6.07 Å². The lowest BCUT2D eigenvalue weighted by Crippen LogP contribution is -2.34. The highest BCUT2D eigenvalue weighted by molar-refractivity contribution is 5.96. The average molecular weight is 340 g/mol. The molecule has 2 heteroatoms. The van der Waals surface area contributed by atoms with Crippen LogP contribution in [0.2, 0.25) is 0 Å². The van der Waals surface area contributed by atoms with Crippen LogP contribution in [0.15, 0.2) is 96.5 Å². The Hall–Kier alpha value is -3.00. The van der Waals surface area contributed by atoms with Crippen molar-refractivity contribution in [2.45, 2.75) is 13.8 Å². The highest BCUT2D eigenvalue weighted by atomic mass is 15.2. The van der Waals surface area contributed by atoms with Gasteiger partial charge in [-0.1, -0.05) is 63.4 Å². The second-order valence-corrected chi connectivity index (χ2v) is 7.16. The summed E-state index contributed by atoms with van der Waals surface area (Å²) in [6.45, 7) is 13.4. The first-order chi connectivity index (χ1) is 12.5. The molecule has 2 aliphatic rings. The molecule has 0 atom stereocenters. The SMILES string of the molecule is C=C1C2=C(C=C(C(C)C)N(c3ccccc3)C2=C)N(C)c2ccccc21. The van der Waals surface area contributed by atoms with E-state index in [-0.39, 0.29) is 0 Å². The third-order valence-corrected chi connectivity index (χ3v) is 5.22. The van der Waals surface area contributed by atoms with Crippen LogP contribution in [-0.2, 0) is 0 Å². The molecule has 0 bridgehead atoms. The van der Waals surface area contributed by atoms with Crippen molar-refractivity contribution in [1.82, 2.24) is 0 Å². The summed E-state index contributed by atoms with van der Waals surface area (Å²) in [5, 5.41) is 0. The van der Waals surface area contributed by atoms with E-state index in [9.17, 15) is 0 Å². The smallest absolute Gasteiger partial charge is 0.0526 e. The first-order valence-corrected chi connectivity index (χ1v) is 9.03. The lowest BCUT2D eigenvalue weighted by Gasteiger charge is -2.42. The van der Waals surface area contributed by atoms with E-state index >= 15 is 0 Å². The third-order valence-electron chi connectivity index (χ3n) is 5.22. The van der Waals surface area contributed by atoms with Gasteiger partial charge in [-0.3, -0.25) is 0 Å². The molecule has 2 aromatic rings. The molecule has 0 amide bonds. The number of allylic oxidation sites excluding steroid dienone is 3. The third kappa shape index (κ3) is 2.33. The molecule has 4 rings (SSSR count). The maximum absolute atomic E-state index is 4.49. The van der Waals surface area contributed by atoms with Crippen molar-refractivity contribution in [3.8, 4) is 0 Å². The van der Waals surface area contributed by atoms with E-state index in [0.717, 1.165) is 22.5 Å². The van der Waals surface area contributed by atoms with Gasteiger partial charge in [0.05, 0.1) is 5.70 Å². The van der Waals surface area contributed by atoms with Gasteiger partial charge in [0.1, 0.15) is 0 Å². The Morgan fingerprint density at radius 3 is 2.23 bits per heavy atom. The van der Waals surface area contributed by atoms with Crippen LogP contribution in [0.4, 0.5) is 11.4 Å². The van der Waals surface area contributed by atoms with Crippen LogP contribution in [0.5, 0.6) is 0 Å². The van der Waals surface area contributed by atoms with Crippen molar-refractivity contribution in [2.75, 3.05) is 16.8 Å². The molecule has 2 aliphatic heterocycles. The van der Waals surface area contributed by atoms with Crippen molar-refractivity contribution in [1.29, 1.82) is 0 Å². The largest absolute Gasteiger partial charge is 0.343 e. The van der Waals surface area contributed by atoms with Crippen molar-refractivity contribution in [3.63, 3.8) is 0 Å². The molecular formula is C24H24N2. The molecule has 0 aliphatic carbocycles. The zero-order valence-corrected chi connectivity index (χ0v) is 15.7. The summed E-state index contributed by atoms with van der Waals surface area (Å²) < 4.78 is 0. The van der Waals surface area contributed by atoms with Crippen LogP contribution < -0.4 is 9.80 Å². The number of fused-ring (bicyclic) bond motifs is 1. The molecule has 0 spiro atoms. The highest BCUT2D eigenvalue weighted by Crippen LogP contribution is 2.47. The fourth-order valence-electron chi connectivity index (χ4n) is 3.88. The fraction of sp³-hybridized carbons (Fsp3) is 0.167. The summed E-state index contributed by atoms with van der Waals surface area (Å²) in [5.74, 6) is 0.375. The van der Waals surface area contributed by atoms with Gasteiger partial charge < -0.3 is 9.80 Å². The molecule has 0 saturated heterocycles. The van der Waals surface area contributed by atoms with Gasteiger partial charge in [-0.15, -0.1) is 0 Å². The molecule has 0 radical (unpaired) electrons. The summed E-state index contributed by atoms with van der Waals surface area (Å²) >= 11 is 0. The Kier molecular flexibility index (Phi) is 3.84. The Labute approximate surface area is 156 Å². The van der Waals surface area contributed by atoms with Crippen LogP contribution in [0.1, 0.15) is 19.4 Å². The first kappa shape index (κ1) is 16.5. The Balaban J connectivity index is 1.92. The summed E-state index contributed by atoms with van der Waals surface area (Å²) in [7, 11) is 2.13. The number of nitrogens with zero attached hydrogens (tertiary/aromatic N) is 2. The molecule has 0 unspecified atom stereocenters. The number of hydrogen-bond acceptors (Lipinski definition) is 2. The first-order valence-electron chi connectivity index (χ1n) is 9.03. The van der Waals surface area contributed by atoms with Gasteiger partial charge >= 0.3 is 0 Å². The average Bonchev–Trinajstić information content (AvgIpc) is 2.66. The molecule has 2 heterocycles. The van der Waals surface area contributed by atoms with Crippen LogP contribution >= 0.6 is 0 Å². The predicted octanol–water partition coefficient (Wildman–Crippen LogP) is 5.98. The molecular weight excluding hydrogens is 316 g/mol. The fourth-order valence-corrected chi connectivity index (χ4v) is 3.88. The number of likely N-dealkylation sites (N-methyl/N-ethyl adjacent to an activating group) is 1. The van der Waals surface area contributed by atoms with Gasteiger partial charge in [0.2, 0.25) is 0 Å². The Morgan fingerprint density at radius 2 is 1.54 bits per heavy atom. The summed E-state index contributed by atoms with van der Waals surface area (Å²) in [5.41, 5.74) is 9.08. The van der Waals surface area contributed by atoms with Gasteiger partial charge in [0.15, 0.2) is 0 Å². The van der Waals surface area contributed by atoms with E-state index < -0.39 is 0 Å². The predicted molar refractivity (Wildman–Crippen MR) is 112 cm³/mol. The molecule has 2 nitrogen and oxygen atoms in total. The van der Waals surface area contributed by atoms with E-state index in [1.54, 1.807) is 0 Å². The standard InChI is InChI=1S/C24H24N2/c1-16(2)22-15-23-24(18(4)26(22)19-11-7-6-8-12-19)17(3)20-13-9-10-14-21(20)25(23)5/h6-16H,3-4H2,1-2,5H3. The monoisotopic (exact) mass is 340 g/mol. The van der Waals surface area contributed by atoms with Gasteiger partial charge in [-0.05, 0) is 35.8 Å². The van der Waals surface area contributed by atoms with Crippen LogP contribution in [-0.4, -0.2) is 7.05 Å². The molecule has 0 saturated carbocycles. The van der Waals surface area contributed by atoms with Crippen molar-refractivity contribution >= 4 is 16.9 Å². The van der Waals surface area contributed by atoms with Crippen molar-refractivity contribution in [3.05, 3.63) is 102 Å². The summed E-state index contributed by atoms with van der Waals surface area (Å²) in [6, 6.07) is 18.9. The zero-order chi connectivity index (χ0) is 18.4. The van der Waals surface area contributed by atoms with E-state index in [0.29, 0.717) is 5.92 Å². The van der Waals surface area contributed by atoms with E-state index in [4.69, 9.17) is 0 Å². The van der Waals surface area contributed by atoms with Crippen molar-refractivity contribution < 1.29 is 0 Å². The lowest BCUT2D eigenvalue weighted by atomic mass is 9.85. The summed E-state index contributed by atoms with van der Waals surface area (Å²) in [4.78, 5) is 4.53. The Morgan fingerprint density at radius 1 is 0.885 bits per heavy atom. The highest BCUT2D eigenvalue weighted by Gasteiger charge is 2.33. The maximum atomic E-state index is 4.49. The van der Waals surface area contributed by atoms with E-state index in [2.05, 4.69) is 98.5 Å². The minimum absolute atomic E-state index is 0.375. The molecule has 0 aromatic heterocycles. The normalized spacial score (nSPS) is 16.7. The molecule has 26 heavy (non-hydrogen) atoms. The van der Waals surface area contributed by atoms with Crippen LogP contribution in [0, 0.1) is 5.92 Å². The lowest BCUT2D eigenvalue weighted by molar-refractivity contribution is 0.728. The topological polar surface area (TPSA) is 6.48 Å². The number of rotatable bonds is 2. The molecule has 2 aromatic carbocycles. The van der Waals surface area contributed by atoms with Gasteiger partial charge in [-0.25, -0.2) is 0 Å². The quantitative estimate of drug-likeness (QED) is 0.664. The number of anilines is 2. The Bertz CT molecular complexity index is 961. The van der Waals surface area contributed by atoms with Gasteiger partial charge in [-0.2, -0.15) is 0 Å². The second-order valence-electron chi connectivity index (χ2n) is 7.16. The minimum atomic E-state index is 0.375. The molecule has 0 fully saturated rings. The number of hydrogen-bond donors (Lipinski definition) is 0. The maximum Gasteiger partial charge on any atom is 0.0526 e. The number of para-hydroxylation sites is 2. The molecule has 130 valence electrons. The van der Waals surface area contributed by atoms with Crippen LogP contribution in [0.25, 0.3) is 5.57 Å². The van der Waals surface area contributed by atoms with E-state index in [1.165, 1.54) is 22.6 Å². The molecule has 0 N–H and O–H groups in total. The number of benzene rings is 2. The minimum Gasteiger partial charge on any atom is -0.343 e. The van der Waals surface area contributed by atoms with Crippen molar-refractivity contribution in [2.24, 2.45) is 5.92 Å². The second kappa shape index (κ2) is 6.06. The van der Waals surface area contributed by atoms with Crippen LogP contribution in [0.3, 0.4) is 0 Å².